The summed E-state index contributed by atoms with van der Waals surface area (Å²) in [6, 6.07) is 0. The first-order chi connectivity index (χ1) is 6.02. The van der Waals surface area contributed by atoms with Gasteiger partial charge in [-0.3, -0.25) is 0 Å². The molecule has 0 aromatic heterocycles. The molecule has 0 rings (SSSR count). The summed E-state index contributed by atoms with van der Waals surface area (Å²) in [5.41, 5.74) is -0.751. The standard InChI is InChI=1S/C10H23NO2/c1-5-9(3)13-8-10(4,12)7-11-6-2/h9,11-12H,5-8H2,1-4H3. The number of likely N-dealkylation sites (N-methyl/N-ethyl adjacent to an activating group) is 1. The van der Waals surface area contributed by atoms with E-state index in [0.717, 1.165) is 13.0 Å². The molecule has 0 spiro atoms. The highest BCUT2D eigenvalue weighted by Gasteiger charge is 2.20. The molecule has 3 nitrogen and oxygen atoms in total. The van der Waals surface area contributed by atoms with E-state index in [0.29, 0.717) is 13.2 Å². The molecule has 2 N–H and O–H groups in total. The van der Waals surface area contributed by atoms with Crippen molar-refractivity contribution in [3.8, 4) is 0 Å². The van der Waals surface area contributed by atoms with E-state index in [2.05, 4.69) is 12.2 Å². The maximum atomic E-state index is 9.80. The van der Waals surface area contributed by atoms with Crippen LogP contribution in [0, 0.1) is 0 Å². The lowest BCUT2D eigenvalue weighted by Crippen LogP contribution is -2.42. The van der Waals surface area contributed by atoms with Gasteiger partial charge in [-0.25, -0.2) is 0 Å². The zero-order valence-corrected chi connectivity index (χ0v) is 9.26. The molecule has 0 aromatic carbocycles. The van der Waals surface area contributed by atoms with Crippen LogP contribution < -0.4 is 5.32 Å². The molecule has 2 atom stereocenters. The average molecular weight is 189 g/mol. The molecule has 3 heteroatoms. The van der Waals surface area contributed by atoms with E-state index in [1.807, 2.05) is 13.8 Å². The molecule has 0 aliphatic carbocycles. The normalized spacial score (nSPS) is 18.2. The Labute approximate surface area is 81.5 Å². The summed E-state index contributed by atoms with van der Waals surface area (Å²) < 4.78 is 5.46. The smallest absolute Gasteiger partial charge is 0.0975 e. The Balaban J connectivity index is 3.61. The quantitative estimate of drug-likeness (QED) is 0.631. The molecule has 0 heterocycles. The van der Waals surface area contributed by atoms with Crippen molar-refractivity contribution in [3.63, 3.8) is 0 Å². The number of rotatable bonds is 7. The van der Waals surface area contributed by atoms with Gasteiger partial charge in [-0.15, -0.1) is 0 Å². The number of ether oxygens (including phenoxy) is 1. The molecule has 0 fully saturated rings. The fourth-order valence-electron chi connectivity index (χ4n) is 0.885. The van der Waals surface area contributed by atoms with Crippen molar-refractivity contribution in [2.45, 2.75) is 45.8 Å². The van der Waals surface area contributed by atoms with Gasteiger partial charge in [0.05, 0.1) is 18.3 Å². The van der Waals surface area contributed by atoms with Crippen LogP contribution in [0.1, 0.15) is 34.1 Å². The molecule has 0 aliphatic heterocycles. The molecule has 80 valence electrons. The number of hydrogen-bond acceptors (Lipinski definition) is 3. The van der Waals surface area contributed by atoms with Gasteiger partial charge in [-0.05, 0) is 26.8 Å². The minimum atomic E-state index is -0.751. The van der Waals surface area contributed by atoms with Crippen LogP contribution in [-0.4, -0.2) is 36.5 Å². The van der Waals surface area contributed by atoms with Gasteiger partial charge in [0, 0.05) is 6.54 Å². The molecular formula is C10H23NO2. The minimum Gasteiger partial charge on any atom is -0.386 e. The minimum absolute atomic E-state index is 0.230. The van der Waals surface area contributed by atoms with Crippen molar-refractivity contribution in [2.24, 2.45) is 0 Å². The maximum Gasteiger partial charge on any atom is 0.0975 e. The third-order valence-corrected chi connectivity index (χ3v) is 2.01. The zero-order chi connectivity index (χ0) is 10.3. The maximum absolute atomic E-state index is 9.80. The van der Waals surface area contributed by atoms with E-state index in [1.165, 1.54) is 0 Å². The van der Waals surface area contributed by atoms with E-state index in [1.54, 1.807) is 6.92 Å². The van der Waals surface area contributed by atoms with Gasteiger partial charge in [-0.2, -0.15) is 0 Å². The highest BCUT2D eigenvalue weighted by Crippen LogP contribution is 2.05. The lowest BCUT2D eigenvalue weighted by molar-refractivity contribution is -0.0571. The Morgan fingerprint density at radius 1 is 1.46 bits per heavy atom. The fraction of sp³-hybridized carbons (Fsp3) is 1.00. The van der Waals surface area contributed by atoms with E-state index in [4.69, 9.17) is 4.74 Å². The molecule has 0 amide bonds. The molecule has 13 heavy (non-hydrogen) atoms. The Morgan fingerprint density at radius 3 is 2.54 bits per heavy atom. The van der Waals surface area contributed by atoms with Gasteiger partial charge in [0.25, 0.3) is 0 Å². The van der Waals surface area contributed by atoms with Crippen LogP contribution in [0.2, 0.25) is 0 Å². The van der Waals surface area contributed by atoms with Crippen LogP contribution in [-0.2, 0) is 4.74 Å². The molecule has 0 aliphatic rings. The number of nitrogens with one attached hydrogen (secondary N) is 1. The molecule has 2 unspecified atom stereocenters. The third kappa shape index (κ3) is 6.99. The van der Waals surface area contributed by atoms with Gasteiger partial charge in [0.1, 0.15) is 0 Å². The van der Waals surface area contributed by atoms with Crippen molar-refractivity contribution >= 4 is 0 Å². The van der Waals surface area contributed by atoms with Crippen molar-refractivity contribution in [3.05, 3.63) is 0 Å². The van der Waals surface area contributed by atoms with Crippen molar-refractivity contribution in [2.75, 3.05) is 19.7 Å². The van der Waals surface area contributed by atoms with Crippen LogP contribution in [0.5, 0.6) is 0 Å². The first-order valence-electron chi connectivity index (χ1n) is 5.06. The molecule has 0 saturated heterocycles. The van der Waals surface area contributed by atoms with Crippen LogP contribution >= 0.6 is 0 Å². The van der Waals surface area contributed by atoms with Crippen molar-refractivity contribution in [1.82, 2.24) is 5.32 Å². The van der Waals surface area contributed by atoms with Crippen molar-refractivity contribution in [1.29, 1.82) is 0 Å². The summed E-state index contributed by atoms with van der Waals surface area (Å²) in [5, 5.41) is 12.9. The SMILES string of the molecule is CCNCC(C)(O)COC(C)CC. The Morgan fingerprint density at radius 2 is 2.08 bits per heavy atom. The van der Waals surface area contributed by atoms with Crippen LogP contribution in [0.15, 0.2) is 0 Å². The highest BCUT2D eigenvalue weighted by atomic mass is 16.5. The second-order valence-corrected chi connectivity index (χ2v) is 3.81. The summed E-state index contributed by atoms with van der Waals surface area (Å²) in [4.78, 5) is 0. The Bertz CT molecular complexity index is 126. The molecule has 0 bridgehead atoms. The molecule has 0 saturated carbocycles. The summed E-state index contributed by atoms with van der Waals surface area (Å²) >= 11 is 0. The van der Waals surface area contributed by atoms with Gasteiger partial charge in [0.2, 0.25) is 0 Å². The van der Waals surface area contributed by atoms with Gasteiger partial charge in [-0.1, -0.05) is 13.8 Å². The summed E-state index contributed by atoms with van der Waals surface area (Å²) in [6.45, 7) is 9.76. The first-order valence-corrected chi connectivity index (χ1v) is 5.06. The van der Waals surface area contributed by atoms with Gasteiger partial charge >= 0.3 is 0 Å². The average Bonchev–Trinajstić information content (AvgIpc) is 2.11. The second-order valence-electron chi connectivity index (χ2n) is 3.81. The lowest BCUT2D eigenvalue weighted by Gasteiger charge is -2.25. The lowest BCUT2D eigenvalue weighted by atomic mass is 10.1. The predicted octanol–water partition coefficient (Wildman–Crippen LogP) is 1.16. The predicted molar refractivity (Wildman–Crippen MR) is 54.9 cm³/mol. The zero-order valence-electron chi connectivity index (χ0n) is 9.26. The largest absolute Gasteiger partial charge is 0.386 e. The summed E-state index contributed by atoms with van der Waals surface area (Å²) in [5.74, 6) is 0. The Hall–Kier alpha value is -0.120. The van der Waals surface area contributed by atoms with Crippen LogP contribution in [0.3, 0.4) is 0 Å². The van der Waals surface area contributed by atoms with E-state index >= 15 is 0 Å². The van der Waals surface area contributed by atoms with Crippen LogP contribution in [0.4, 0.5) is 0 Å². The van der Waals surface area contributed by atoms with Crippen LogP contribution in [0.25, 0.3) is 0 Å². The monoisotopic (exact) mass is 189 g/mol. The molecule has 0 aromatic rings. The summed E-state index contributed by atoms with van der Waals surface area (Å²) in [7, 11) is 0. The highest BCUT2D eigenvalue weighted by molar-refractivity contribution is 4.74. The third-order valence-electron chi connectivity index (χ3n) is 2.01. The summed E-state index contributed by atoms with van der Waals surface area (Å²) in [6.07, 6.45) is 1.21. The molecule has 0 radical (unpaired) electrons. The van der Waals surface area contributed by atoms with Crippen molar-refractivity contribution < 1.29 is 9.84 Å². The Kier molecular flexibility index (Phi) is 6.29. The first kappa shape index (κ1) is 12.9. The van der Waals surface area contributed by atoms with Gasteiger partial charge < -0.3 is 15.2 Å². The molecular weight excluding hydrogens is 166 g/mol. The van der Waals surface area contributed by atoms with E-state index in [9.17, 15) is 5.11 Å². The van der Waals surface area contributed by atoms with Gasteiger partial charge in [0.15, 0.2) is 0 Å². The number of hydrogen-bond donors (Lipinski definition) is 2. The topological polar surface area (TPSA) is 41.5 Å². The second kappa shape index (κ2) is 6.35. The van der Waals surface area contributed by atoms with E-state index < -0.39 is 5.60 Å². The fourth-order valence-corrected chi connectivity index (χ4v) is 0.885. The number of aliphatic hydroxyl groups is 1. The van der Waals surface area contributed by atoms with E-state index in [-0.39, 0.29) is 6.10 Å².